The average Bonchev–Trinajstić information content (AvgIpc) is 3.33. The number of piperazine rings is 1. The molecule has 1 amide bonds. The fourth-order valence-electron chi connectivity index (χ4n) is 4.62. The predicted octanol–water partition coefficient (Wildman–Crippen LogP) is 4.59. The van der Waals surface area contributed by atoms with Gasteiger partial charge in [0.2, 0.25) is 0 Å². The topological polar surface area (TPSA) is 39.7 Å². The number of benzene rings is 2. The summed E-state index contributed by atoms with van der Waals surface area (Å²) in [7, 11) is 0. The largest absolute Gasteiger partial charge is 0.367 e. The number of pyridine rings is 1. The summed E-state index contributed by atoms with van der Waals surface area (Å²) in [6.45, 7) is 4.47. The number of halogens is 2. The van der Waals surface area contributed by atoms with Crippen molar-refractivity contribution in [1.29, 1.82) is 0 Å². The molecule has 0 spiro atoms. The monoisotopic (exact) mass is 438 g/mol. The Labute approximate surface area is 186 Å². The molecule has 2 saturated heterocycles. The molecule has 2 fully saturated rings. The Bertz CT molecular complexity index is 1120. The maximum atomic E-state index is 14.2. The molecule has 0 saturated carbocycles. The van der Waals surface area contributed by atoms with Gasteiger partial charge in [-0.1, -0.05) is 23.7 Å². The summed E-state index contributed by atoms with van der Waals surface area (Å²) >= 11 is 6.39. The number of para-hydroxylation sites is 1. The summed E-state index contributed by atoms with van der Waals surface area (Å²) in [4.78, 5) is 24.1. The molecule has 2 aliphatic heterocycles. The minimum Gasteiger partial charge on any atom is -0.367 e. The van der Waals surface area contributed by atoms with Crippen LogP contribution in [0.2, 0.25) is 5.02 Å². The molecule has 160 valence electrons. The Morgan fingerprint density at radius 3 is 2.39 bits per heavy atom. The third-order valence-electron chi connectivity index (χ3n) is 6.21. The molecule has 0 aliphatic carbocycles. The first kappa shape index (κ1) is 20.1. The van der Waals surface area contributed by atoms with Crippen molar-refractivity contribution in [1.82, 2.24) is 9.88 Å². The van der Waals surface area contributed by atoms with Gasteiger partial charge in [0.15, 0.2) is 0 Å². The zero-order valence-corrected chi connectivity index (χ0v) is 18.0. The highest BCUT2D eigenvalue weighted by molar-refractivity contribution is 6.33. The molecule has 5 rings (SSSR count). The van der Waals surface area contributed by atoms with Gasteiger partial charge in [0, 0.05) is 50.9 Å². The first-order valence-corrected chi connectivity index (χ1v) is 11.1. The van der Waals surface area contributed by atoms with Crippen LogP contribution in [0.1, 0.15) is 23.2 Å². The van der Waals surface area contributed by atoms with Gasteiger partial charge in [-0.15, -0.1) is 0 Å². The number of likely N-dealkylation sites (tertiary alicyclic amines) is 1. The van der Waals surface area contributed by atoms with Crippen molar-refractivity contribution in [3.05, 3.63) is 65.1 Å². The van der Waals surface area contributed by atoms with Gasteiger partial charge in [-0.05, 0) is 43.2 Å². The van der Waals surface area contributed by atoms with E-state index in [1.807, 2.05) is 29.2 Å². The maximum Gasteiger partial charge on any atom is 0.257 e. The van der Waals surface area contributed by atoms with Crippen LogP contribution in [0.15, 0.2) is 48.7 Å². The Morgan fingerprint density at radius 1 is 0.935 bits per heavy atom. The summed E-state index contributed by atoms with van der Waals surface area (Å²) in [5.41, 5.74) is 3.07. The average molecular weight is 439 g/mol. The summed E-state index contributed by atoms with van der Waals surface area (Å²) in [6.07, 6.45) is 3.71. The van der Waals surface area contributed by atoms with Crippen LogP contribution in [0, 0.1) is 5.82 Å². The second kappa shape index (κ2) is 8.35. The number of amides is 1. The molecule has 5 nitrogen and oxygen atoms in total. The molecule has 3 heterocycles. The Morgan fingerprint density at radius 2 is 1.65 bits per heavy atom. The van der Waals surface area contributed by atoms with Crippen LogP contribution in [-0.2, 0) is 0 Å². The van der Waals surface area contributed by atoms with E-state index in [0.29, 0.717) is 29.6 Å². The normalized spacial score (nSPS) is 16.9. The van der Waals surface area contributed by atoms with Crippen LogP contribution in [0.3, 0.4) is 0 Å². The van der Waals surface area contributed by atoms with Gasteiger partial charge in [-0.25, -0.2) is 4.39 Å². The number of hydrogen-bond acceptors (Lipinski definition) is 4. The Kier molecular flexibility index (Phi) is 5.40. The third kappa shape index (κ3) is 3.81. The number of fused-ring (bicyclic) bond motifs is 1. The quantitative estimate of drug-likeness (QED) is 0.599. The smallest absolute Gasteiger partial charge is 0.257 e. The van der Waals surface area contributed by atoms with E-state index in [1.54, 1.807) is 12.3 Å². The summed E-state index contributed by atoms with van der Waals surface area (Å²) < 4.78 is 14.2. The lowest BCUT2D eigenvalue weighted by Crippen LogP contribution is -2.47. The highest BCUT2D eigenvalue weighted by Gasteiger charge is 2.28. The van der Waals surface area contributed by atoms with E-state index >= 15 is 0 Å². The molecule has 7 heteroatoms. The molecule has 2 aliphatic rings. The lowest BCUT2D eigenvalue weighted by atomic mass is 10.1. The highest BCUT2D eigenvalue weighted by Crippen LogP contribution is 2.34. The second-order valence-corrected chi connectivity index (χ2v) is 8.51. The minimum atomic E-state index is -0.323. The number of rotatable bonds is 3. The molecule has 0 N–H and O–H groups in total. The van der Waals surface area contributed by atoms with E-state index in [-0.39, 0.29) is 11.7 Å². The van der Waals surface area contributed by atoms with E-state index in [9.17, 15) is 9.18 Å². The Hall–Kier alpha value is -2.86. The first-order chi connectivity index (χ1) is 15.1. The van der Waals surface area contributed by atoms with Crippen LogP contribution in [0.5, 0.6) is 0 Å². The van der Waals surface area contributed by atoms with Gasteiger partial charge in [-0.3, -0.25) is 9.78 Å². The van der Waals surface area contributed by atoms with Gasteiger partial charge < -0.3 is 14.7 Å². The molecule has 2 aromatic carbocycles. The molecule has 31 heavy (non-hydrogen) atoms. The van der Waals surface area contributed by atoms with E-state index in [4.69, 9.17) is 11.6 Å². The maximum absolute atomic E-state index is 14.2. The minimum absolute atomic E-state index is 0.0142. The number of carbonyl (C=O) groups is 1. The van der Waals surface area contributed by atoms with Crippen molar-refractivity contribution in [2.24, 2.45) is 0 Å². The van der Waals surface area contributed by atoms with Crippen LogP contribution >= 0.6 is 11.6 Å². The standard InChI is InChI=1S/C24H24ClFN4O/c25-20-5-1-2-6-22(20)28-11-13-29(14-12-28)23-18-15-17(26)7-8-21(18)27-16-19(23)24(31)30-9-3-4-10-30/h1-2,5-8,15-16H,3-4,9-14H2. The van der Waals surface area contributed by atoms with Gasteiger partial charge in [0.25, 0.3) is 5.91 Å². The van der Waals surface area contributed by atoms with Gasteiger partial charge in [-0.2, -0.15) is 0 Å². The number of hydrogen-bond donors (Lipinski definition) is 0. The van der Waals surface area contributed by atoms with Crippen molar-refractivity contribution in [3.63, 3.8) is 0 Å². The van der Waals surface area contributed by atoms with Crippen molar-refractivity contribution >= 4 is 39.8 Å². The van der Waals surface area contributed by atoms with Gasteiger partial charge >= 0.3 is 0 Å². The van der Waals surface area contributed by atoms with Crippen LogP contribution in [0.4, 0.5) is 15.8 Å². The first-order valence-electron chi connectivity index (χ1n) is 10.7. The van der Waals surface area contributed by atoms with Crippen LogP contribution in [0.25, 0.3) is 10.9 Å². The van der Waals surface area contributed by atoms with E-state index in [0.717, 1.165) is 55.4 Å². The molecular weight excluding hydrogens is 415 g/mol. The van der Waals surface area contributed by atoms with E-state index in [2.05, 4.69) is 14.8 Å². The molecule has 1 aromatic heterocycles. The van der Waals surface area contributed by atoms with Crippen molar-refractivity contribution in [2.75, 3.05) is 49.1 Å². The van der Waals surface area contributed by atoms with E-state index in [1.165, 1.54) is 12.1 Å². The lowest BCUT2D eigenvalue weighted by molar-refractivity contribution is 0.0793. The molecule has 3 aromatic rings. The zero-order valence-electron chi connectivity index (χ0n) is 17.2. The molecule has 0 atom stereocenters. The fourth-order valence-corrected chi connectivity index (χ4v) is 4.87. The Balaban J connectivity index is 1.50. The molecular formula is C24H24ClFN4O. The van der Waals surface area contributed by atoms with Crippen LogP contribution < -0.4 is 9.80 Å². The highest BCUT2D eigenvalue weighted by atomic mass is 35.5. The second-order valence-electron chi connectivity index (χ2n) is 8.11. The number of anilines is 2. The van der Waals surface area contributed by atoms with E-state index < -0.39 is 0 Å². The van der Waals surface area contributed by atoms with Crippen molar-refractivity contribution in [3.8, 4) is 0 Å². The van der Waals surface area contributed by atoms with Gasteiger partial charge in [0.1, 0.15) is 5.82 Å². The fraction of sp³-hybridized carbons (Fsp3) is 0.333. The predicted molar refractivity (Wildman–Crippen MR) is 123 cm³/mol. The number of nitrogens with zero attached hydrogens (tertiary/aromatic N) is 4. The van der Waals surface area contributed by atoms with Gasteiger partial charge in [0.05, 0.1) is 27.5 Å². The molecule has 0 unspecified atom stereocenters. The van der Waals surface area contributed by atoms with Crippen molar-refractivity contribution < 1.29 is 9.18 Å². The van der Waals surface area contributed by atoms with Crippen LogP contribution in [-0.4, -0.2) is 55.1 Å². The summed E-state index contributed by atoms with van der Waals surface area (Å²) in [5, 5.41) is 1.42. The molecule has 0 bridgehead atoms. The third-order valence-corrected chi connectivity index (χ3v) is 6.53. The van der Waals surface area contributed by atoms with Crippen molar-refractivity contribution in [2.45, 2.75) is 12.8 Å². The zero-order chi connectivity index (χ0) is 21.4. The number of carbonyl (C=O) groups excluding carboxylic acids is 1. The summed E-state index contributed by atoms with van der Waals surface area (Å²) in [5.74, 6) is -0.337. The lowest BCUT2D eigenvalue weighted by Gasteiger charge is -2.39. The molecule has 0 radical (unpaired) electrons. The summed E-state index contributed by atoms with van der Waals surface area (Å²) in [6, 6.07) is 12.4. The number of aromatic nitrogens is 1. The SMILES string of the molecule is O=C(c1cnc2ccc(F)cc2c1N1CCN(c2ccccc2Cl)CC1)N1CCCC1.